The van der Waals surface area contributed by atoms with Crippen LogP contribution in [-0.2, 0) is 0 Å². The van der Waals surface area contributed by atoms with Crippen LogP contribution in [0.4, 0.5) is 15.9 Å². The van der Waals surface area contributed by atoms with Crippen LogP contribution in [0.3, 0.4) is 0 Å². The molecule has 4 nitrogen and oxygen atoms in total. The molecule has 0 fully saturated rings. The molecule has 0 aliphatic carbocycles. The van der Waals surface area contributed by atoms with Gasteiger partial charge in [0.2, 0.25) is 0 Å². The monoisotopic (exact) mass is 281 g/mol. The van der Waals surface area contributed by atoms with Crippen LogP contribution in [-0.4, -0.2) is 23.6 Å². The highest BCUT2D eigenvalue weighted by atomic mass is 35.5. The van der Waals surface area contributed by atoms with Gasteiger partial charge >= 0.3 is 0 Å². The molecule has 0 saturated carbocycles. The molecule has 2 rings (SSSR count). The first-order valence-corrected chi connectivity index (χ1v) is 6.12. The Kier molecular flexibility index (Phi) is 4.16. The third kappa shape index (κ3) is 2.76. The van der Waals surface area contributed by atoms with Crippen LogP contribution in [0.1, 0.15) is 6.92 Å². The number of aromatic nitrogens is 2. The maximum atomic E-state index is 13.0. The van der Waals surface area contributed by atoms with Crippen molar-refractivity contribution in [2.45, 2.75) is 6.92 Å². The van der Waals surface area contributed by atoms with Crippen LogP contribution in [0.5, 0.6) is 5.75 Å². The van der Waals surface area contributed by atoms with E-state index >= 15 is 0 Å². The highest BCUT2D eigenvalue weighted by molar-refractivity contribution is 6.31. The fourth-order valence-electron chi connectivity index (χ4n) is 1.79. The molecule has 0 atom stereocenters. The average Bonchev–Trinajstić information content (AvgIpc) is 2.42. The van der Waals surface area contributed by atoms with E-state index in [0.29, 0.717) is 18.1 Å². The van der Waals surface area contributed by atoms with Gasteiger partial charge in [-0.25, -0.2) is 14.4 Å². The van der Waals surface area contributed by atoms with Crippen molar-refractivity contribution >= 4 is 23.1 Å². The number of halogens is 2. The lowest BCUT2D eigenvalue weighted by Gasteiger charge is -2.23. The van der Waals surface area contributed by atoms with E-state index in [0.717, 1.165) is 5.69 Å². The number of hydrogen-bond donors (Lipinski definition) is 0. The van der Waals surface area contributed by atoms with Crippen LogP contribution >= 0.6 is 11.6 Å². The Balaban J connectivity index is 2.48. The summed E-state index contributed by atoms with van der Waals surface area (Å²) in [5.41, 5.74) is 0.803. The van der Waals surface area contributed by atoms with Gasteiger partial charge in [0.1, 0.15) is 12.1 Å². The zero-order chi connectivity index (χ0) is 13.8. The molecule has 2 aromatic rings. The van der Waals surface area contributed by atoms with E-state index in [1.54, 1.807) is 12.1 Å². The molecule has 0 bridgehead atoms. The second-order valence-corrected chi connectivity index (χ2v) is 4.10. The number of ether oxygens (including phenoxy) is 1. The summed E-state index contributed by atoms with van der Waals surface area (Å²) in [5, 5.41) is 0.244. The molecule has 0 aliphatic rings. The molecule has 1 heterocycles. The molecule has 0 spiro atoms. The third-order valence-corrected chi connectivity index (χ3v) is 2.93. The SMILES string of the molecule is CCN(c1ccc(F)cc1)c1ncnc(Cl)c1OC. The predicted octanol–water partition coefficient (Wildman–Crippen LogP) is 3.44. The largest absolute Gasteiger partial charge is 0.490 e. The quantitative estimate of drug-likeness (QED) is 0.805. The number of nitrogens with zero attached hydrogens (tertiary/aromatic N) is 3. The Morgan fingerprint density at radius 2 is 1.95 bits per heavy atom. The number of hydrogen-bond acceptors (Lipinski definition) is 4. The Morgan fingerprint density at radius 3 is 2.53 bits per heavy atom. The molecule has 0 amide bonds. The van der Waals surface area contributed by atoms with E-state index in [-0.39, 0.29) is 11.0 Å². The lowest BCUT2D eigenvalue weighted by atomic mass is 10.2. The molecule has 0 aliphatic heterocycles. The average molecular weight is 282 g/mol. The molecule has 0 radical (unpaired) electrons. The summed E-state index contributed by atoms with van der Waals surface area (Å²) in [6.45, 7) is 2.59. The first-order valence-electron chi connectivity index (χ1n) is 5.75. The van der Waals surface area contributed by atoms with Gasteiger partial charge in [0, 0.05) is 12.2 Å². The van der Waals surface area contributed by atoms with E-state index in [1.165, 1.54) is 25.6 Å². The van der Waals surface area contributed by atoms with Crippen molar-refractivity contribution in [1.29, 1.82) is 0 Å². The second kappa shape index (κ2) is 5.84. The van der Waals surface area contributed by atoms with Gasteiger partial charge < -0.3 is 9.64 Å². The Hall–Kier alpha value is -1.88. The molecule has 1 aromatic carbocycles. The summed E-state index contributed by atoms with van der Waals surface area (Å²) in [4.78, 5) is 9.94. The maximum Gasteiger partial charge on any atom is 0.199 e. The molecular weight excluding hydrogens is 269 g/mol. The molecule has 1 aromatic heterocycles. The lowest BCUT2D eigenvalue weighted by Crippen LogP contribution is -2.18. The summed E-state index contributed by atoms with van der Waals surface area (Å²) < 4.78 is 18.2. The van der Waals surface area contributed by atoms with Gasteiger partial charge in [-0.05, 0) is 31.2 Å². The summed E-state index contributed by atoms with van der Waals surface area (Å²) in [7, 11) is 1.51. The topological polar surface area (TPSA) is 38.2 Å². The minimum absolute atomic E-state index is 0.244. The maximum absolute atomic E-state index is 13.0. The first-order chi connectivity index (χ1) is 9.17. The minimum Gasteiger partial charge on any atom is -0.490 e. The van der Waals surface area contributed by atoms with E-state index in [9.17, 15) is 4.39 Å². The number of methoxy groups -OCH3 is 1. The minimum atomic E-state index is -0.285. The molecule has 19 heavy (non-hydrogen) atoms. The van der Waals surface area contributed by atoms with Gasteiger partial charge in [0.15, 0.2) is 16.7 Å². The van der Waals surface area contributed by atoms with Crippen molar-refractivity contribution in [1.82, 2.24) is 9.97 Å². The van der Waals surface area contributed by atoms with E-state index < -0.39 is 0 Å². The van der Waals surface area contributed by atoms with Gasteiger partial charge in [-0.15, -0.1) is 0 Å². The predicted molar refractivity (Wildman–Crippen MR) is 72.7 cm³/mol. The zero-order valence-corrected chi connectivity index (χ0v) is 11.4. The summed E-state index contributed by atoms with van der Waals surface area (Å²) in [6.07, 6.45) is 1.37. The summed E-state index contributed by atoms with van der Waals surface area (Å²) in [6, 6.07) is 6.14. The number of benzene rings is 1. The van der Waals surface area contributed by atoms with E-state index in [4.69, 9.17) is 16.3 Å². The lowest BCUT2D eigenvalue weighted by molar-refractivity contribution is 0.411. The highest BCUT2D eigenvalue weighted by Crippen LogP contribution is 2.35. The number of anilines is 2. The normalized spacial score (nSPS) is 10.3. The second-order valence-electron chi connectivity index (χ2n) is 3.74. The summed E-state index contributed by atoms with van der Waals surface area (Å²) >= 11 is 5.98. The van der Waals surface area contributed by atoms with Crippen molar-refractivity contribution in [3.63, 3.8) is 0 Å². The smallest absolute Gasteiger partial charge is 0.199 e. The Labute approximate surface area is 115 Å². The van der Waals surface area contributed by atoms with E-state index in [2.05, 4.69) is 9.97 Å². The van der Waals surface area contributed by atoms with Crippen molar-refractivity contribution in [3.8, 4) is 5.75 Å². The third-order valence-electron chi connectivity index (χ3n) is 2.66. The van der Waals surface area contributed by atoms with Crippen molar-refractivity contribution < 1.29 is 9.13 Å². The fraction of sp³-hybridized carbons (Fsp3) is 0.231. The molecule has 6 heteroatoms. The molecule has 0 N–H and O–H groups in total. The van der Waals surface area contributed by atoms with Gasteiger partial charge in [0.05, 0.1) is 7.11 Å². The Morgan fingerprint density at radius 1 is 1.26 bits per heavy atom. The van der Waals surface area contributed by atoms with Crippen LogP contribution in [0.25, 0.3) is 0 Å². The highest BCUT2D eigenvalue weighted by Gasteiger charge is 2.17. The molecule has 0 unspecified atom stereocenters. The summed E-state index contributed by atoms with van der Waals surface area (Å²) in [5.74, 6) is 0.666. The zero-order valence-electron chi connectivity index (χ0n) is 10.6. The van der Waals surface area contributed by atoms with Crippen molar-refractivity contribution in [2.75, 3.05) is 18.6 Å². The van der Waals surface area contributed by atoms with Gasteiger partial charge in [-0.1, -0.05) is 11.6 Å². The van der Waals surface area contributed by atoms with Crippen LogP contribution in [0, 0.1) is 5.82 Å². The van der Waals surface area contributed by atoms with Crippen molar-refractivity contribution in [3.05, 3.63) is 41.6 Å². The molecule has 100 valence electrons. The van der Waals surface area contributed by atoms with Crippen molar-refractivity contribution in [2.24, 2.45) is 0 Å². The van der Waals surface area contributed by atoms with Crippen LogP contribution in [0.15, 0.2) is 30.6 Å². The first kappa shape index (κ1) is 13.5. The van der Waals surface area contributed by atoms with Gasteiger partial charge in [-0.2, -0.15) is 0 Å². The van der Waals surface area contributed by atoms with Gasteiger partial charge in [0.25, 0.3) is 0 Å². The molecular formula is C13H13ClFN3O. The standard InChI is InChI=1S/C13H13ClFN3O/c1-3-18(10-6-4-9(15)5-7-10)13-11(19-2)12(14)16-8-17-13/h4-8H,3H2,1-2H3. The molecule has 0 saturated heterocycles. The van der Waals surface area contributed by atoms with Crippen LogP contribution in [0.2, 0.25) is 5.15 Å². The fourth-order valence-corrected chi connectivity index (χ4v) is 1.99. The number of rotatable bonds is 4. The van der Waals surface area contributed by atoms with E-state index in [1.807, 2.05) is 11.8 Å². The van der Waals surface area contributed by atoms with Crippen LogP contribution < -0.4 is 9.64 Å². The van der Waals surface area contributed by atoms with Gasteiger partial charge in [-0.3, -0.25) is 0 Å². The Bertz CT molecular complexity index is 562.